The average molecular weight is 236 g/mol. The van der Waals surface area contributed by atoms with E-state index in [0.29, 0.717) is 6.42 Å². The highest BCUT2D eigenvalue weighted by atomic mass is 28.3. The van der Waals surface area contributed by atoms with E-state index in [9.17, 15) is 4.79 Å². The molecule has 90 valence electrons. The number of allylic oxidation sites excluding steroid dienone is 2. The van der Waals surface area contributed by atoms with Crippen molar-refractivity contribution in [3.8, 4) is 11.5 Å². The Balaban J connectivity index is 3.76. The smallest absolute Gasteiger partial charge is 0.208 e. The van der Waals surface area contributed by atoms with Gasteiger partial charge in [-0.05, 0) is 18.8 Å². The van der Waals surface area contributed by atoms with Crippen LogP contribution < -0.4 is 0 Å². The Hall–Kier alpha value is -0.813. The summed E-state index contributed by atoms with van der Waals surface area (Å²) in [5.74, 6) is 2.80. The van der Waals surface area contributed by atoms with Gasteiger partial charge in [-0.25, -0.2) is 0 Å². The van der Waals surface area contributed by atoms with Gasteiger partial charge in [-0.15, -0.1) is 5.54 Å². The Kier molecular flexibility index (Phi) is 7.93. The maximum absolute atomic E-state index is 11.4. The number of unbranched alkanes of at least 4 members (excludes halogenated alkanes) is 3. The van der Waals surface area contributed by atoms with E-state index in [1.54, 1.807) is 0 Å². The first kappa shape index (κ1) is 15.2. The first-order chi connectivity index (χ1) is 7.45. The van der Waals surface area contributed by atoms with Crippen LogP contribution in [0.5, 0.6) is 0 Å². The van der Waals surface area contributed by atoms with Crippen LogP contribution in [0, 0.1) is 11.5 Å². The Bertz CT molecular complexity index is 286. The quantitative estimate of drug-likeness (QED) is 0.295. The third-order valence-electron chi connectivity index (χ3n) is 2.02. The van der Waals surface area contributed by atoms with Gasteiger partial charge >= 0.3 is 0 Å². The van der Waals surface area contributed by atoms with Gasteiger partial charge in [0.1, 0.15) is 8.07 Å². The van der Waals surface area contributed by atoms with Crippen molar-refractivity contribution in [3.05, 3.63) is 12.2 Å². The zero-order valence-corrected chi connectivity index (χ0v) is 12.1. The van der Waals surface area contributed by atoms with Gasteiger partial charge in [0.25, 0.3) is 0 Å². The lowest BCUT2D eigenvalue weighted by Crippen LogP contribution is -2.17. The molecule has 0 aliphatic carbocycles. The largest absolute Gasteiger partial charge is 0.285 e. The van der Waals surface area contributed by atoms with Crippen LogP contribution in [-0.2, 0) is 4.79 Å². The number of hydrogen-bond acceptors (Lipinski definition) is 1. The van der Waals surface area contributed by atoms with E-state index in [2.05, 4.69) is 44.1 Å². The Morgan fingerprint density at radius 3 is 2.44 bits per heavy atom. The molecular formula is C14H24OSi. The summed E-state index contributed by atoms with van der Waals surface area (Å²) in [6.07, 6.45) is 9.36. The van der Waals surface area contributed by atoms with Crippen molar-refractivity contribution in [3.63, 3.8) is 0 Å². The number of ketones is 1. The van der Waals surface area contributed by atoms with Crippen LogP contribution in [0.15, 0.2) is 12.2 Å². The molecule has 0 amide bonds. The van der Waals surface area contributed by atoms with Crippen molar-refractivity contribution in [2.24, 2.45) is 0 Å². The van der Waals surface area contributed by atoms with Gasteiger partial charge < -0.3 is 0 Å². The topological polar surface area (TPSA) is 17.1 Å². The number of Topliss-reactive ketones (excluding diaryl/α,β-unsaturated/α-hetero) is 1. The molecule has 0 heterocycles. The Morgan fingerprint density at radius 1 is 1.19 bits per heavy atom. The minimum atomic E-state index is -1.39. The van der Waals surface area contributed by atoms with Gasteiger partial charge in [-0.3, -0.25) is 4.79 Å². The number of rotatable bonds is 6. The lowest BCUT2D eigenvalue weighted by atomic mass is 10.2. The second-order valence-electron chi connectivity index (χ2n) is 5.09. The summed E-state index contributed by atoms with van der Waals surface area (Å²) in [5, 5.41) is 0. The van der Waals surface area contributed by atoms with Gasteiger partial charge in [-0.1, -0.05) is 51.6 Å². The lowest BCUT2D eigenvalue weighted by Gasteiger charge is -2.02. The van der Waals surface area contributed by atoms with E-state index in [-0.39, 0.29) is 5.78 Å². The normalized spacial score (nSPS) is 11.2. The molecule has 0 fully saturated rings. The highest BCUT2D eigenvalue weighted by Gasteiger charge is 2.07. The first-order valence-electron chi connectivity index (χ1n) is 6.16. The van der Waals surface area contributed by atoms with Crippen molar-refractivity contribution in [2.45, 2.75) is 58.7 Å². The molecule has 0 unspecified atom stereocenters. The van der Waals surface area contributed by atoms with Gasteiger partial charge in [0.15, 0.2) is 0 Å². The molecule has 0 bridgehead atoms. The molecule has 0 saturated heterocycles. The van der Waals surface area contributed by atoms with Crippen LogP contribution in [0.2, 0.25) is 19.6 Å². The fourth-order valence-electron chi connectivity index (χ4n) is 1.13. The van der Waals surface area contributed by atoms with Crippen LogP contribution in [-0.4, -0.2) is 13.9 Å². The monoisotopic (exact) mass is 236 g/mol. The molecule has 0 aromatic carbocycles. The Morgan fingerprint density at radius 2 is 1.88 bits per heavy atom. The summed E-state index contributed by atoms with van der Waals surface area (Å²) in [6, 6.07) is 0. The minimum absolute atomic E-state index is 0.0502. The zero-order valence-electron chi connectivity index (χ0n) is 11.1. The molecule has 0 aromatic rings. The van der Waals surface area contributed by atoms with Gasteiger partial charge in [0.05, 0.1) is 0 Å². The minimum Gasteiger partial charge on any atom is -0.285 e. The molecule has 0 spiro atoms. The highest BCUT2D eigenvalue weighted by molar-refractivity contribution is 6.84. The SMILES string of the molecule is CCCCC/C=C\CC(=O)C#C[Si](C)(C)C. The van der Waals surface area contributed by atoms with Crippen LogP contribution in [0.25, 0.3) is 0 Å². The highest BCUT2D eigenvalue weighted by Crippen LogP contribution is 2.00. The fraction of sp³-hybridized carbons (Fsp3) is 0.643. The van der Waals surface area contributed by atoms with E-state index in [1.165, 1.54) is 19.3 Å². The second kappa shape index (κ2) is 8.35. The standard InChI is InChI=1S/C14H24OSi/c1-5-6-7-8-9-10-11-14(15)12-13-16(2,3)4/h9-10H,5-8,11H2,1-4H3/b10-9-. The number of carbonyl (C=O) groups excluding carboxylic acids is 1. The molecule has 16 heavy (non-hydrogen) atoms. The van der Waals surface area contributed by atoms with E-state index in [0.717, 1.165) is 6.42 Å². The lowest BCUT2D eigenvalue weighted by molar-refractivity contribution is -0.113. The average Bonchev–Trinajstić information content (AvgIpc) is 2.19. The van der Waals surface area contributed by atoms with Crippen LogP contribution >= 0.6 is 0 Å². The van der Waals surface area contributed by atoms with Gasteiger partial charge in [0, 0.05) is 6.42 Å². The molecule has 0 aliphatic rings. The molecule has 1 nitrogen and oxygen atoms in total. The van der Waals surface area contributed by atoms with Crippen molar-refractivity contribution < 1.29 is 4.79 Å². The van der Waals surface area contributed by atoms with Crippen LogP contribution in [0.3, 0.4) is 0 Å². The molecule has 0 N–H and O–H groups in total. The predicted octanol–water partition coefficient (Wildman–Crippen LogP) is 3.96. The molecule has 0 saturated carbocycles. The maximum Gasteiger partial charge on any atom is 0.208 e. The third-order valence-corrected chi connectivity index (χ3v) is 2.90. The number of carbonyl (C=O) groups is 1. The summed E-state index contributed by atoms with van der Waals surface area (Å²) in [7, 11) is -1.39. The molecule has 0 aliphatic heterocycles. The van der Waals surface area contributed by atoms with Crippen LogP contribution in [0.1, 0.15) is 39.0 Å². The molecule has 0 atom stereocenters. The van der Waals surface area contributed by atoms with E-state index < -0.39 is 8.07 Å². The fourth-order valence-corrected chi connectivity index (χ4v) is 1.64. The third kappa shape index (κ3) is 11.3. The summed E-state index contributed by atoms with van der Waals surface area (Å²) in [5.41, 5.74) is 3.09. The predicted molar refractivity (Wildman–Crippen MR) is 74.0 cm³/mol. The van der Waals surface area contributed by atoms with Crippen molar-refractivity contribution >= 4 is 13.9 Å². The van der Waals surface area contributed by atoms with Crippen LogP contribution in [0.4, 0.5) is 0 Å². The first-order valence-corrected chi connectivity index (χ1v) is 9.66. The van der Waals surface area contributed by atoms with E-state index in [1.807, 2.05) is 6.08 Å². The molecule has 2 heteroatoms. The molecular weight excluding hydrogens is 212 g/mol. The second-order valence-corrected chi connectivity index (χ2v) is 9.84. The van der Waals surface area contributed by atoms with Crippen molar-refractivity contribution in [1.29, 1.82) is 0 Å². The Labute approximate surface area is 101 Å². The molecule has 0 aromatic heterocycles. The summed E-state index contributed by atoms with van der Waals surface area (Å²) in [6.45, 7) is 8.63. The van der Waals surface area contributed by atoms with Crippen molar-refractivity contribution in [1.82, 2.24) is 0 Å². The van der Waals surface area contributed by atoms with Gasteiger partial charge in [0.2, 0.25) is 5.78 Å². The van der Waals surface area contributed by atoms with Gasteiger partial charge in [-0.2, -0.15) is 0 Å². The molecule has 0 rings (SSSR count). The maximum atomic E-state index is 11.4. The summed E-state index contributed by atoms with van der Waals surface area (Å²) < 4.78 is 0. The van der Waals surface area contributed by atoms with E-state index in [4.69, 9.17) is 0 Å². The molecule has 0 radical (unpaired) electrons. The van der Waals surface area contributed by atoms with E-state index >= 15 is 0 Å². The summed E-state index contributed by atoms with van der Waals surface area (Å²) >= 11 is 0. The zero-order chi connectivity index (χ0) is 12.4. The summed E-state index contributed by atoms with van der Waals surface area (Å²) in [4.78, 5) is 11.4. The van der Waals surface area contributed by atoms with Crippen molar-refractivity contribution in [2.75, 3.05) is 0 Å². The number of hydrogen-bond donors (Lipinski definition) is 0.